The van der Waals surface area contributed by atoms with Crippen molar-refractivity contribution in [2.45, 2.75) is 18.9 Å². The minimum Gasteiger partial charge on any atom is -0.454 e. The maximum absolute atomic E-state index is 13.8. The molecule has 2 aliphatic rings. The van der Waals surface area contributed by atoms with E-state index in [4.69, 9.17) is 21.1 Å². The number of nitrogens with zero attached hydrogens (tertiary/aromatic N) is 1. The number of hydrogen-bond donors (Lipinski definition) is 2. The molecular weight excluding hydrogens is 417 g/mol. The Hall–Kier alpha value is -3.33. The number of rotatable bonds is 5. The smallest absolute Gasteiger partial charge is 0.325 e. The van der Waals surface area contributed by atoms with Crippen molar-refractivity contribution in [1.82, 2.24) is 10.2 Å². The second-order valence-corrected chi connectivity index (χ2v) is 7.44. The second kappa shape index (κ2) is 7.49. The van der Waals surface area contributed by atoms with E-state index in [-0.39, 0.29) is 30.5 Å². The molecule has 1 fully saturated rings. The number of urea groups is 1. The fourth-order valence-corrected chi connectivity index (χ4v) is 3.48. The van der Waals surface area contributed by atoms with Crippen molar-refractivity contribution in [3.8, 4) is 11.5 Å². The summed E-state index contributed by atoms with van der Waals surface area (Å²) >= 11 is 5.69. The van der Waals surface area contributed by atoms with Crippen molar-refractivity contribution in [2.24, 2.45) is 0 Å². The summed E-state index contributed by atoms with van der Waals surface area (Å²) in [4.78, 5) is 38.5. The lowest BCUT2D eigenvalue weighted by atomic mass is 9.91. The first-order valence-electron chi connectivity index (χ1n) is 9.07. The van der Waals surface area contributed by atoms with Gasteiger partial charge < -0.3 is 20.1 Å². The highest BCUT2D eigenvalue weighted by Crippen LogP contribution is 2.37. The molecule has 1 atom stereocenters. The predicted octanol–water partition coefficient (Wildman–Crippen LogP) is 3.00. The SMILES string of the molecule is C[C@]1(c2ccc3c(c2)OCO3)NC(=O)N(CCC(=O)Nc2ccc(Cl)cc2F)C1=O. The number of halogens is 2. The number of amides is 4. The number of hydrogen-bond acceptors (Lipinski definition) is 5. The molecule has 0 bridgehead atoms. The van der Waals surface area contributed by atoms with Crippen LogP contribution in [-0.4, -0.2) is 36.1 Å². The quantitative estimate of drug-likeness (QED) is 0.706. The number of carbonyl (C=O) groups is 3. The number of nitrogens with one attached hydrogen (secondary N) is 2. The molecule has 1 saturated heterocycles. The Morgan fingerprint density at radius 2 is 2.00 bits per heavy atom. The Morgan fingerprint density at radius 3 is 2.77 bits per heavy atom. The summed E-state index contributed by atoms with van der Waals surface area (Å²) in [6, 6.07) is 8.20. The lowest BCUT2D eigenvalue weighted by Crippen LogP contribution is -2.41. The van der Waals surface area contributed by atoms with E-state index >= 15 is 0 Å². The van der Waals surface area contributed by atoms with Crippen LogP contribution in [0.15, 0.2) is 36.4 Å². The molecule has 0 saturated carbocycles. The Balaban J connectivity index is 1.43. The highest BCUT2D eigenvalue weighted by atomic mass is 35.5. The third-order valence-electron chi connectivity index (χ3n) is 4.99. The molecule has 4 rings (SSSR count). The maximum Gasteiger partial charge on any atom is 0.325 e. The average Bonchev–Trinajstić information content (AvgIpc) is 3.25. The summed E-state index contributed by atoms with van der Waals surface area (Å²) in [5, 5.41) is 5.26. The largest absolute Gasteiger partial charge is 0.454 e. The zero-order valence-corrected chi connectivity index (χ0v) is 16.6. The summed E-state index contributed by atoms with van der Waals surface area (Å²) in [5.41, 5.74) is -0.816. The third kappa shape index (κ3) is 3.52. The molecule has 30 heavy (non-hydrogen) atoms. The second-order valence-electron chi connectivity index (χ2n) is 7.00. The first kappa shape index (κ1) is 20.0. The van der Waals surface area contributed by atoms with Crippen molar-refractivity contribution in [3.05, 3.63) is 52.8 Å². The maximum atomic E-state index is 13.8. The van der Waals surface area contributed by atoms with Crippen LogP contribution in [-0.2, 0) is 15.1 Å². The number of fused-ring (bicyclic) bond motifs is 1. The normalized spacial score (nSPS) is 19.8. The van der Waals surface area contributed by atoms with Crippen molar-refractivity contribution in [3.63, 3.8) is 0 Å². The first-order chi connectivity index (χ1) is 14.3. The van der Waals surface area contributed by atoms with Crippen LogP contribution in [0.2, 0.25) is 5.02 Å². The van der Waals surface area contributed by atoms with E-state index in [0.29, 0.717) is 17.1 Å². The molecule has 10 heteroatoms. The van der Waals surface area contributed by atoms with Crippen LogP contribution in [0.4, 0.5) is 14.9 Å². The van der Waals surface area contributed by atoms with Crippen LogP contribution in [0.1, 0.15) is 18.9 Å². The molecule has 8 nitrogen and oxygen atoms in total. The molecule has 2 aromatic carbocycles. The highest BCUT2D eigenvalue weighted by Gasteiger charge is 2.49. The molecule has 156 valence electrons. The van der Waals surface area contributed by atoms with E-state index in [9.17, 15) is 18.8 Å². The fraction of sp³-hybridized carbons (Fsp3) is 0.250. The van der Waals surface area contributed by atoms with Gasteiger partial charge >= 0.3 is 6.03 Å². The molecule has 0 aliphatic carbocycles. The van der Waals surface area contributed by atoms with Crippen molar-refractivity contribution >= 4 is 35.1 Å². The topological polar surface area (TPSA) is 97.0 Å². The van der Waals surface area contributed by atoms with E-state index in [1.807, 2.05) is 0 Å². The van der Waals surface area contributed by atoms with Crippen LogP contribution in [0.3, 0.4) is 0 Å². The molecule has 2 heterocycles. The Labute approximate surface area is 175 Å². The number of benzene rings is 2. The van der Waals surface area contributed by atoms with E-state index < -0.39 is 29.2 Å². The van der Waals surface area contributed by atoms with Gasteiger partial charge in [0.2, 0.25) is 12.7 Å². The van der Waals surface area contributed by atoms with Gasteiger partial charge in [-0.05, 0) is 42.8 Å². The lowest BCUT2D eigenvalue weighted by Gasteiger charge is -2.22. The zero-order valence-electron chi connectivity index (χ0n) is 15.8. The molecule has 4 amide bonds. The molecule has 2 aliphatic heterocycles. The molecule has 0 aromatic heterocycles. The van der Waals surface area contributed by atoms with Crippen LogP contribution >= 0.6 is 11.6 Å². The van der Waals surface area contributed by atoms with Crippen LogP contribution in [0, 0.1) is 5.82 Å². The first-order valence-corrected chi connectivity index (χ1v) is 9.45. The number of anilines is 1. The number of imide groups is 1. The molecule has 0 unspecified atom stereocenters. The summed E-state index contributed by atoms with van der Waals surface area (Å²) in [5.74, 6) is -0.688. The van der Waals surface area contributed by atoms with Gasteiger partial charge in [0.05, 0.1) is 5.69 Å². The standard InChI is InChI=1S/C20H17ClFN3O5/c1-20(11-2-5-15-16(8-11)30-10-29-15)18(27)25(19(28)24-20)7-6-17(26)23-14-4-3-12(21)9-13(14)22/h2-5,8-9H,6-7,10H2,1H3,(H,23,26)(H,24,28)/t20-/m1/s1. The van der Waals surface area contributed by atoms with Crippen LogP contribution in [0.5, 0.6) is 11.5 Å². The fourth-order valence-electron chi connectivity index (χ4n) is 3.32. The molecule has 2 aromatic rings. The highest BCUT2D eigenvalue weighted by molar-refractivity contribution is 6.30. The lowest BCUT2D eigenvalue weighted by molar-refractivity contribution is -0.131. The van der Waals surface area contributed by atoms with E-state index in [0.717, 1.165) is 11.0 Å². The van der Waals surface area contributed by atoms with E-state index in [1.54, 1.807) is 25.1 Å². The van der Waals surface area contributed by atoms with Gasteiger partial charge in [-0.25, -0.2) is 9.18 Å². The van der Waals surface area contributed by atoms with Gasteiger partial charge in [-0.1, -0.05) is 17.7 Å². The Kier molecular flexibility index (Phi) is 4.98. The minimum absolute atomic E-state index is 0.0354. The zero-order chi connectivity index (χ0) is 21.5. The van der Waals surface area contributed by atoms with Gasteiger partial charge in [-0.15, -0.1) is 0 Å². The average molecular weight is 434 g/mol. The van der Waals surface area contributed by atoms with Gasteiger partial charge in [0, 0.05) is 18.0 Å². The summed E-state index contributed by atoms with van der Waals surface area (Å²) < 4.78 is 24.4. The van der Waals surface area contributed by atoms with Gasteiger partial charge in [0.1, 0.15) is 11.4 Å². The van der Waals surface area contributed by atoms with Gasteiger partial charge in [0.25, 0.3) is 5.91 Å². The van der Waals surface area contributed by atoms with E-state index in [2.05, 4.69) is 10.6 Å². The molecule has 2 N–H and O–H groups in total. The van der Waals surface area contributed by atoms with Crippen molar-refractivity contribution in [1.29, 1.82) is 0 Å². The summed E-state index contributed by atoms with van der Waals surface area (Å²) in [7, 11) is 0. The Morgan fingerprint density at radius 1 is 1.23 bits per heavy atom. The molecule has 0 spiro atoms. The van der Waals surface area contributed by atoms with Gasteiger partial charge in [-0.2, -0.15) is 0 Å². The Bertz CT molecular complexity index is 1060. The molecular formula is C20H17ClFN3O5. The number of carbonyl (C=O) groups excluding carboxylic acids is 3. The van der Waals surface area contributed by atoms with Crippen LogP contribution < -0.4 is 20.1 Å². The van der Waals surface area contributed by atoms with Crippen molar-refractivity contribution in [2.75, 3.05) is 18.7 Å². The van der Waals surface area contributed by atoms with Gasteiger partial charge in [0.15, 0.2) is 11.5 Å². The van der Waals surface area contributed by atoms with Gasteiger partial charge in [-0.3, -0.25) is 14.5 Å². The van der Waals surface area contributed by atoms with Crippen molar-refractivity contribution < 1.29 is 28.2 Å². The predicted molar refractivity (Wildman–Crippen MR) is 105 cm³/mol. The molecule has 0 radical (unpaired) electrons. The summed E-state index contributed by atoms with van der Waals surface area (Å²) in [6.07, 6.45) is -0.196. The third-order valence-corrected chi connectivity index (χ3v) is 5.23. The monoisotopic (exact) mass is 433 g/mol. The summed E-state index contributed by atoms with van der Waals surface area (Å²) in [6.45, 7) is 1.50. The van der Waals surface area contributed by atoms with E-state index in [1.165, 1.54) is 12.1 Å². The minimum atomic E-state index is -1.31. The number of ether oxygens (including phenoxy) is 2. The van der Waals surface area contributed by atoms with Crippen LogP contribution in [0.25, 0.3) is 0 Å².